The molecule has 0 aliphatic rings. The molecule has 148 valence electrons. The molecule has 9 heteroatoms. The molecule has 0 aliphatic heterocycles. The van der Waals surface area contributed by atoms with Crippen LogP contribution in [0.2, 0.25) is 0 Å². The average molecular weight is 409 g/mol. The SMILES string of the molecule is CC(C)c1ccc(-n2c(O)c(/C=N/NC(=O)c3ccncc3)c(=O)[nH]c2=S)cc1. The van der Waals surface area contributed by atoms with Crippen molar-refractivity contribution < 1.29 is 9.90 Å². The van der Waals surface area contributed by atoms with Crippen LogP contribution in [0, 0.1) is 4.77 Å². The van der Waals surface area contributed by atoms with Crippen molar-refractivity contribution in [3.63, 3.8) is 0 Å². The van der Waals surface area contributed by atoms with Gasteiger partial charge in [-0.1, -0.05) is 26.0 Å². The lowest BCUT2D eigenvalue weighted by Crippen LogP contribution is -2.21. The molecule has 0 fully saturated rings. The topological polar surface area (TPSA) is 112 Å². The third kappa shape index (κ3) is 4.46. The maximum atomic E-state index is 12.2. The highest BCUT2D eigenvalue weighted by Gasteiger charge is 2.13. The summed E-state index contributed by atoms with van der Waals surface area (Å²) in [5.74, 6) is -0.498. The predicted molar refractivity (Wildman–Crippen MR) is 112 cm³/mol. The maximum absolute atomic E-state index is 12.2. The van der Waals surface area contributed by atoms with Crippen LogP contribution >= 0.6 is 12.2 Å². The average Bonchev–Trinajstić information content (AvgIpc) is 2.71. The van der Waals surface area contributed by atoms with Crippen molar-refractivity contribution in [1.29, 1.82) is 0 Å². The van der Waals surface area contributed by atoms with Crippen LogP contribution in [0.25, 0.3) is 5.69 Å². The Balaban J connectivity index is 1.92. The van der Waals surface area contributed by atoms with E-state index in [1.54, 1.807) is 12.1 Å². The highest BCUT2D eigenvalue weighted by Crippen LogP contribution is 2.21. The van der Waals surface area contributed by atoms with Crippen molar-refractivity contribution >= 4 is 24.3 Å². The minimum atomic E-state index is -0.621. The van der Waals surface area contributed by atoms with Gasteiger partial charge in [0.15, 0.2) is 4.77 Å². The first-order chi connectivity index (χ1) is 13.9. The van der Waals surface area contributed by atoms with E-state index < -0.39 is 11.5 Å². The van der Waals surface area contributed by atoms with Crippen LogP contribution in [-0.4, -0.2) is 31.8 Å². The number of hydrazone groups is 1. The van der Waals surface area contributed by atoms with Gasteiger partial charge in [-0.15, -0.1) is 0 Å². The third-order valence-electron chi connectivity index (χ3n) is 4.24. The first kappa shape index (κ1) is 20.2. The number of hydrogen-bond acceptors (Lipinski definition) is 6. The zero-order valence-corrected chi connectivity index (χ0v) is 16.6. The van der Waals surface area contributed by atoms with Gasteiger partial charge in [0, 0.05) is 18.0 Å². The highest BCUT2D eigenvalue weighted by atomic mass is 32.1. The van der Waals surface area contributed by atoms with Crippen LogP contribution in [0.15, 0.2) is 58.7 Å². The van der Waals surface area contributed by atoms with Crippen molar-refractivity contribution in [2.75, 3.05) is 0 Å². The number of H-pyrrole nitrogens is 1. The van der Waals surface area contributed by atoms with Crippen molar-refractivity contribution in [3.8, 4) is 11.6 Å². The van der Waals surface area contributed by atoms with E-state index in [1.165, 1.54) is 29.1 Å². The summed E-state index contributed by atoms with van der Waals surface area (Å²) in [5, 5.41) is 14.4. The van der Waals surface area contributed by atoms with Gasteiger partial charge in [0.1, 0.15) is 5.56 Å². The summed E-state index contributed by atoms with van der Waals surface area (Å²) in [5.41, 5.74) is 3.61. The molecular weight excluding hydrogens is 390 g/mol. The zero-order chi connectivity index (χ0) is 21.0. The first-order valence-electron chi connectivity index (χ1n) is 8.80. The Morgan fingerprint density at radius 2 is 1.90 bits per heavy atom. The molecule has 0 bridgehead atoms. The Hall–Kier alpha value is -3.59. The van der Waals surface area contributed by atoms with Crippen LogP contribution in [0.3, 0.4) is 0 Å². The fourth-order valence-electron chi connectivity index (χ4n) is 2.63. The molecule has 0 spiro atoms. The van der Waals surface area contributed by atoms with Gasteiger partial charge < -0.3 is 5.11 Å². The van der Waals surface area contributed by atoms with Crippen LogP contribution in [0.1, 0.15) is 41.3 Å². The molecule has 1 aromatic carbocycles. The van der Waals surface area contributed by atoms with E-state index in [2.05, 4.69) is 34.3 Å². The fourth-order valence-corrected chi connectivity index (χ4v) is 2.91. The molecule has 0 radical (unpaired) electrons. The minimum Gasteiger partial charge on any atom is -0.494 e. The monoisotopic (exact) mass is 409 g/mol. The second-order valence-corrected chi connectivity index (χ2v) is 6.90. The van der Waals surface area contributed by atoms with Gasteiger partial charge in [-0.25, -0.2) is 5.43 Å². The number of amides is 1. The number of aromatic amines is 1. The molecule has 0 unspecified atom stereocenters. The van der Waals surface area contributed by atoms with E-state index in [9.17, 15) is 14.7 Å². The molecule has 0 aliphatic carbocycles. The number of carbonyl (C=O) groups is 1. The Bertz CT molecular complexity index is 1170. The lowest BCUT2D eigenvalue weighted by Gasteiger charge is -2.12. The van der Waals surface area contributed by atoms with Crippen LogP contribution in [0.4, 0.5) is 0 Å². The molecule has 3 rings (SSSR count). The number of rotatable bonds is 5. The molecule has 0 saturated carbocycles. The number of pyridine rings is 1. The minimum absolute atomic E-state index is 0.0442. The van der Waals surface area contributed by atoms with E-state index in [1.807, 2.05) is 12.1 Å². The van der Waals surface area contributed by atoms with Crippen LogP contribution in [0.5, 0.6) is 5.88 Å². The lowest BCUT2D eigenvalue weighted by molar-refractivity contribution is 0.0955. The smallest absolute Gasteiger partial charge is 0.271 e. The predicted octanol–water partition coefficient (Wildman–Crippen LogP) is 2.88. The highest BCUT2D eigenvalue weighted by molar-refractivity contribution is 7.71. The Morgan fingerprint density at radius 1 is 1.24 bits per heavy atom. The lowest BCUT2D eigenvalue weighted by atomic mass is 10.0. The van der Waals surface area contributed by atoms with Gasteiger partial charge in [-0.2, -0.15) is 5.10 Å². The number of hydrogen-bond donors (Lipinski definition) is 3. The molecule has 2 aromatic heterocycles. The number of aromatic nitrogens is 3. The standard InChI is InChI=1S/C20H19N5O3S/c1-12(2)13-3-5-15(6-4-13)25-19(28)16(18(27)23-20(25)29)11-22-24-17(26)14-7-9-21-10-8-14/h3-12,28H,1-2H3,(H,24,26)(H,23,27,29)/b22-11+. The summed E-state index contributed by atoms with van der Waals surface area (Å²) in [6.45, 7) is 4.15. The van der Waals surface area contributed by atoms with Gasteiger partial charge in [-0.3, -0.25) is 24.1 Å². The summed E-state index contributed by atoms with van der Waals surface area (Å²) < 4.78 is 1.37. The summed E-state index contributed by atoms with van der Waals surface area (Å²) in [4.78, 5) is 30.6. The fraction of sp³-hybridized carbons (Fsp3) is 0.150. The number of nitrogens with one attached hydrogen (secondary N) is 2. The molecule has 3 N–H and O–H groups in total. The summed E-state index contributed by atoms with van der Waals surface area (Å²) in [6.07, 6.45) is 4.02. The van der Waals surface area contributed by atoms with E-state index in [0.29, 0.717) is 17.2 Å². The maximum Gasteiger partial charge on any atom is 0.271 e. The first-order valence-corrected chi connectivity index (χ1v) is 9.21. The number of benzene rings is 1. The van der Waals surface area contributed by atoms with Gasteiger partial charge in [-0.05, 0) is 48.0 Å². The number of nitrogens with zero attached hydrogens (tertiary/aromatic N) is 3. The second-order valence-electron chi connectivity index (χ2n) is 6.51. The van der Waals surface area contributed by atoms with E-state index in [-0.39, 0.29) is 16.2 Å². The molecular formula is C20H19N5O3S. The summed E-state index contributed by atoms with van der Waals surface area (Å²) in [6, 6.07) is 10.5. The van der Waals surface area contributed by atoms with Crippen LogP contribution < -0.4 is 11.0 Å². The molecule has 2 heterocycles. The van der Waals surface area contributed by atoms with Gasteiger partial charge >= 0.3 is 0 Å². The Labute approximate surface area is 171 Å². The molecule has 8 nitrogen and oxygen atoms in total. The van der Waals surface area contributed by atoms with Crippen molar-refractivity contribution in [2.24, 2.45) is 5.10 Å². The zero-order valence-electron chi connectivity index (χ0n) is 15.8. The number of aromatic hydroxyl groups is 1. The van der Waals surface area contributed by atoms with E-state index in [0.717, 1.165) is 11.8 Å². The van der Waals surface area contributed by atoms with E-state index in [4.69, 9.17) is 12.2 Å². The number of carbonyl (C=O) groups excluding carboxylic acids is 1. The van der Waals surface area contributed by atoms with Gasteiger partial charge in [0.05, 0.1) is 11.9 Å². The molecule has 1 amide bonds. The quantitative estimate of drug-likeness (QED) is 0.341. The molecule has 3 aromatic rings. The van der Waals surface area contributed by atoms with Crippen LogP contribution in [-0.2, 0) is 0 Å². The largest absolute Gasteiger partial charge is 0.494 e. The van der Waals surface area contributed by atoms with Gasteiger partial charge in [0.25, 0.3) is 11.5 Å². The Morgan fingerprint density at radius 3 is 2.52 bits per heavy atom. The third-order valence-corrected chi connectivity index (χ3v) is 4.53. The molecule has 29 heavy (non-hydrogen) atoms. The van der Waals surface area contributed by atoms with Crippen molar-refractivity contribution in [1.82, 2.24) is 20.0 Å². The van der Waals surface area contributed by atoms with Crippen molar-refractivity contribution in [3.05, 3.63) is 80.6 Å². The summed E-state index contributed by atoms with van der Waals surface area (Å²) >= 11 is 5.20. The van der Waals surface area contributed by atoms with E-state index >= 15 is 0 Å². The van der Waals surface area contributed by atoms with Crippen molar-refractivity contribution in [2.45, 2.75) is 19.8 Å². The normalized spacial score (nSPS) is 11.1. The van der Waals surface area contributed by atoms with Gasteiger partial charge in [0.2, 0.25) is 5.88 Å². The molecule has 0 saturated heterocycles. The summed E-state index contributed by atoms with van der Waals surface area (Å²) in [7, 11) is 0. The molecule has 0 atom stereocenters. The second kappa shape index (κ2) is 8.61. The Kier molecular flexibility index (Phi) is 5.99.